The molecule has 2 amide bonds. The van der Waals surface area contributed by atoms with Crippen LogP contribution in [0.4, 0.5) is 11.4 Å². The molecular formula is C19H23N3O2. The molecule has 2 aromatic rings. The third-order valence-corrected chi connectivity index (χ3v) is 3.42. The second kappa shape index (κ2) is 8.84. The molecule has 0 radical (unpaired) electrons. The number of carbonyl (C=O) groups excluding carboxylic acids is 2. The number of hydrogen-bond acceptors (Lipinski definition) is 3. The second-order valence-corrected chi connectivity index (χ2v) is 5.86. The summed E-state index contributed by atoms with van der Waals surface area (Å²) in [5, 5.41) is 8.73. The Kier molecular flexibility index (Phi) is 6.51. The third kappa shape index (κ3) is 5.85. The van der Waals surface area contributed by atoms with Gasteiger partial charge in [0, 0.05) is 23.8 Å². The molecule has 0 aromatic heterocycles. The van der Waals surface area contributed by atoms with E-state index in [-0.39, 0.29) is 24.3 Å². The Morgan fingerprint density at radius 1 is 0.875 bits per heavy atom. The SMILES string of the molecule is CC(C)C(=O)Nc1ccc(NC(=O)CNCc2ccccc2)cc1. The van der Waals surface area contributed by atoms with Crippen LogP contribution in [0.2, 0.25) is 0 Å². The predicted molar refractivity (Wildman–Crippen MR) is 96.7 cm³/mol. The van der Waals surface area contributed by atoms with Crippen molar-refractivity contribution in [3.63, 3.8) is 0 Å². The van der Waals surface area contributed by atoms with Crippen LogP contribution in [0.1, 0.15) is 19.4 Å². The molecule has 0 aliphatic heterocycles. The lowest BCUT2D eigenvalue weighted by atomic mass is 10.2. The lowest BCUT2D eigenvalue weighted by Gasteiger charge is -2.10. The van der Waals surface area contributed by atoms with E-state index in [4.69, 9.17) is 0 Å². The van der Waals surface area contributed by atoms with E-state index in [1.54, 1.807) is 24.3 Å². The highest BCUT2D eigenvalue weighted by Gasteiger charge is 2.07. The van der Waals surface area contributed by atoms with Gasteiger partial charge in [-0.3, -0.25) is 9.59 Å². The molecule has 0 saturated carbocycles. The van der Waals surface area contributed by atoms with Crippen molar-refractivity contribution in [3.8, 4) is 0 Å². The van der Waals surface area contributed by atoms with Crippen molar-refractivity contribution in [3.05, 3.63) is 60.2 Å². The summed E-state index contributed by atoms with van der Waals surface area (Å²) in [5.74, 6) is -0.207. The van der Waals surface area contributed by atoms with Gasteiger partial charge < -0.3 is 16.0 Å². The van der Waals surface area contributed by atoms with Crippen molar-refractivity contribution in [1.29, 1.82) is 0 Å². The molecule has 0 atom stereocenters. The van der Waals surface area contributed by atoms with Crippen LogP contribution in [0.25, 0.3) is 0 Å². The van der Waals surface area contributed by atoms with Crippen LogP contribution in [0.3, 0.4) is 0 Å². The predicted octanol–water partition coefficient (Wildman–Crippen LogP) is 3.01. The fraction of sp³-hybridized carbons (Fsp3) is 0.263. The molecular weight excluding hydrogens is 302 g/mol. The first-order chi connectivity index (χ1) is 11.5. The Balaban J connectivity index is 1.76. The Morgan fingerprint density at radius 3 is 2.04 bits per heavy atom. The van der Waals surface area contributed by atoms with E-state index in [9.17, 15) is 9.59 Å². The lowest BCUT2D eigenvalue weighted by Crippen LogP contribution is -2.27. The summed E-state index contributed by atoms with van der Waals surface area (Å²) in [4.78, 5) is 23.5. The van der Waals surface area contributed by atoms with Gasteiger partial charge in [-0.05, 0) is 29.8 Å². The number of rotatable bonds is 7. The minimum atomic E-state index is -0.107. The third-order valence-electron chi connectivity index (χ3n) is 3.42. The fourth-order valence-electron chi connectivity index (χ4n) is 2.04. The lowest BCUT2D eigenvalue weighted by molar-refractivity contribution is -0.119. The molecule has 2 rings (SSSR count). The standard InChI is InChI=1S/C19H23N3O2/c1-14(2)19(24)22-17-10-8-16(9-11-17)21-18(23)13-20-12-15-6-4-3-5-7-15/h3-11,14,20H,12-13H2,1-2H3,(H,21,23)(H,22,24). The van der Waals surface area contributed by atoms with Crippen molar-refractivity contribution in [2.24, 2.45) is 5.92 Å². The fourth-order valence-corrected chi connectivity index (χ4v) is 2.04. The molecule has 3 N–H and O–H groups in total. The molecule has 0 bridgehead atoms. The van der Waals surface area contributed by atoms with E-state index in [2.05, 4.69) is 16.0 Å². The average Bonchev–Trinajstić information content (AvgIpc) is 2.57. The summed E-state index contributed by atoms with van der Waals surface area (Å²) >= 11 is 0. The maximum absolute atomic E-state index is 11.9. The number of benzene rings is 2. The normalized spacial score (nSPS) is 10.5. The molecule has 0 saturated heterocycles. The first kappa shape index (κ1) is 17.7. The van der Waals surface area contributed by atoms with Gasteiger partial charge in [-0.2, -0.15) is 0 Å². The van der Waals surface area contributed by atoms with E-state index in [1.807, 2.05) is 44.2 Å². The molecule has 0 aliphatic rings. The topological polar surface area (TPSA) is 70.2 Å². The zero-order valence-electron chi connectivity index (χ0n) is 14.0. The van der Waals surface area contributed by atoms with Crippen LogP contribution in [-0.2, 0) is 16.1 Å². The van der Waals surface area contributed by atoms with Crippen LogP contribution in [-0.4, -0.2) is 18.4 Å². The number of nitrogens with one attached hydrogen (secondary N) is 3. The molecule has 0 spiro atoms. The molecule has 0 aliphatic carbocycles. The van der Waals surface area contributed by atoms with E-state index in [1.165, 1.54) is 0 Å². The first-order valence-corrected chi connectivity index (χ1v) is 8.00. The van der Waals surface area contributed by atoms with E-state index in [0.29, 0.717) is 17.9 Å². The zero-order valence-corrected chi connectivity index (χ0v) is 14.0. The molecule has 0 unspecified atom stereocenters. The minimum absolute atomic E-state index is 0.0307. The maximum Gasteiger partial charge on any atom is 0.238 e. The van der Waals surface area contributed by atoms with E-state index < -0.39 is 0 Å². The average molecular weight is 325 g/mol. The highest BCUT2D eigenvalue weighted by molar-refractivity contribution is 5.94. The second-order valence-electron chi connectivity index (χ2n) is 5.86. The van der Waals surface area contributed by atoms with E-state index in [0.717, 1.165) is 5.56 Å². The zero-order chi connectivity index (χ0) is 17.4. The monoisotopic (exact) mass is 325 g/mol. The Hall–Kier alpha value is -2.66. The molecule has 0 heterocycles. The van der Waals surface area contributed by atoms with Crippen LogP contribution >= 0.6 is 0 Å². The van der Waals surface area contributed by atoms with E-state index >= 15 is 0 Å². The summed E-state index contributed by atoms with van der Waals surface area (Å²) in [6, 6.07) is 17.0. The van der Waals surface area contributed by atoms with Gasteiger partial charge >= 0.3 is 0 Å². The van der Waals surface area contributed by atoms with Crippen molar-refractivity contribution in [2.75, 3.05) is 17.2 Å². The number of hydrogen-bond donors (Lipinski definition) is 3. The van der Waals surface area contributed by atoms with Gasteiger partial charge in [0.05, 0.1) is 6.54 Å². The summed E-state index contributed by atoms with van der Waals surface area (Å²) < 4.78 is 0. The maximum atomic E-state index is 11.9. The first-order valence-electron chi connectivity index (χ1n) is 8.00. The summed E-state index contributed by atoms with van der Waals surface area (Å²) in [6.45, 7) is 4.56. The van der Waals surface area contributed by atoms with Gasteiger partial charge in [0.2, 0.25) is 11.8 Å². The molecule has 2 aromatic carbocycles. The molecule has 5 heteroatoms. The van der Waals surface area contributed by atoms with Crippen LogP contribution in [0.5, 0.6) is 0 Å². The number of anilines is 2. The molecule has 24 heavy (non-hydrogen) atoms. The smallest absolute Gasteiger partial charge is 0.238 e. The van der Waals surface area contributed by atoms with Crippen molar-refractivity contribution >= 4 is 23.2 Å². The number of amides is 2. The summed E-state index contributed by atoms with van der Waals surface area (Å²) in [5.41, 5.74) is 2.55. The number of carbonyl (C=O) groups is 2. The molecule has 126 valence electrons. The summed E-state index contributed by atoms with van der Waals surface area (Å²) in [7, 11) is 0. The van der Waals surface area contributed by atoms with Gasteiger partial charge in [-0.1, -0.05) is 44.2 Å². The van der Waals surface area contributed by atoms with Crippen molar-refractivity contribution in [2.45, 2.75) is 20.4 Å². The van der Waals surface area contributed by atoms with Crippen LogP contribution in [0.15, 0.2) is 54.6 Å². The van der Waals surface area contributed by atoms with Gasteiger partial charge in [0.15, 0.2) is 0 Å². The van der Waals surface area contributed by atoms with Gasteiger partial charge in [-0.25, -0.2) is 0 Å². The molecule has 5 nitrogen and oxygen atoms in total. The minimum Gasteiger partial charge on any atom is -0.326 e. The largest absolute Gasteiger partial charge is 0.326 e. The Labute approximate surface area is 142 Å². The highest BCUT2D eigenvalue weighted by Crippen LogP contribution is 2.14. The highest BCUT2D eigenvalue weighted by atomic mass is 16.2. The van der Waals surface area contributed by atoms with Gasteiger partial charge in [-0.15, -0.1) is 0 Å². The van der Waals surface area contributed by atoms with Crippen LogP contribution in [0, 0.1) is 5.92 Å². The van der Waals surface area contributed by atoms with Gasteiger partial charge in [0.25, 0.3) is 0 Å². The van der Waals surface area contributed by atoms with Crippen molar-refractivity contribution in [1.82, 2.24) is 5.32 Å². The Bertz CT molecular complexity index is 667. The Morgan fingerprint density at radius 2 is 1.46 bits per heavy atom. The summed E-state index contributed by atoms with van der Waals surface area (Å²) in [6.07, 6.45) is 0. The molecule has 0 fully saturated rings. The van der Waals surface area contributed by atoms with Crippen LogP contribution < -0.4 is 16.0 Å². The quantitative estimate of drug-likeness (QED) is 0.733. The van der Waals surface area contributed by atoms with Crippen molar-refractivity contribution < 1.29 is 9.59 Å². The van der Waals surface area contributed by atoms with Gasteiger partial charge in [0.1, 0.15) is 0 Å².